The molecule has 1 atom stereocenters. The Morgan fingerprint density at radius 1 is 1.00 bits per heavy atom. The van der Waals surface area contributed by atoms with Crippen molar-refractivity contribution in [1.29, 1.82) is 0 Å². The van der Waals surface area contributed by atoms with Gasteiger partial charge in [-0.2, -0.15) is 13.2 Å². The van der Waals surface area contributed by atoms with Gasteiger partial charge in [0.1, 0.15) is 0 Å². The lowest BCUT2D eigenvalue weighted by molar-refractivity contribution is -0.242. The van der Waals surface area contributed by atoms with E-state index in [0.717, 1.165) is 30.3 Å². The van der Waals surface area contributed by atoms with Crippen LogP contribution in [0.4, 0.5) is 24.5 Å². The molecule has 0 aliphatic heterocycles. The number of carbonyl (C=O) groups excluding carboxylic acids is 1. The van der Waals surface area contributed by atoms with E-state index in [-0.39, 0.29) is 29.7 Å². The molecule has 188 valence electrons. The Labute approximate surface area is 197 Å². The molecule has 0 aromatic heterocycles. The molecule has 0 saturated carbocycles. The zero-order chi connectivity index (χ0) is 25.9. The zero-order valence-corrected chi connectivity index (χ0v) is 19.6. The molecule has 1 amide bonds. The van der Waals surface area contributed by atoms with Crippen molar-refractivity contribution in [2.24, 2.45) is 0 Å². The van der Waals surface area contributed by atoms with Crippen molar-refractivity contribution in [3.8, 4) is 0 Å². The van der Waals surface area contributed by atoms with Crippen LogP contribution in [-0.4, -0.2) is 57.9 Å². The van der Waals surface area contributed by atoms with Gasteiger partial charge < -0.3 is 15.5 Å². The maximum absolute atomic E-state index is 12.8. The van der Waals surface area contributed by atoms with Gasteiger partial charge in [0.05, 0.1) is 27.1 Å². The minimum atomic E-state index is -5.26. The number of rotatable bonds is 9. The zero-order valence-electron chi connectivity index (χ0n) is 17.2. The van der Waals surface area contributed by atoms with E-state index in [1.54, 1.807) is 5.32 Å². The molecule has 0 saturated heterocycles. The van der Waals surface area contributed by atoms with Gasteiger partial charge in [-0.3, -0.25) is 9.52 Å². The molecule has 2 rings (SSSR count). The minimum Gasteiger partial charge on any atom is -0.395 e. The van der Waals surface area contributed by atoms with Crippen LogP contribution in [0.5, 0.6) is 0 Å². The minimum absolute atomic E-state index is 0.0177. The monoisotopic (exact) mass is 545 g/mol. The van der Waals surface area contributed by atoms with Gasteiger partial charge in [-0.1, -0.05) is 11.6 Å². The summed E-state index contributed by atoms with van der Waals surface area (Å²) < 4.78 is 91.8. The number of anilines is 2. The topological polar surface area (TPSA) is 162 Å². The summed E-state index contributed by atoms with van der Waals surface area (Å²) in [5.41, 5.74) is -4.11. The van der Waals surface area contributed by atoms with E-state index in [9.17, 15) is 39.9 Å². The van der Waals surface area contributed by atoms with Crippen molar-refractivity contribution in [2.45, 2.75) is 28.5 Å². The number of alkyl halides is 3. The molecule has 0 bridgehead atoms. The molecule has 16 heteroatoms. The second kappa shape index (κ2) is 10.1. The Morgan fingerprint density at radius 3 is 2.06 bits per heavy atom. The number of halogens is 4. The fourth-order valence-corrected chi connectivity index (χ4v) is 4.71. The molecule has 0 aliphatic rings. The largest absolute Gasteiger partial charge is 0.426 e. The van der Waals surface area contributed by atoms with Gasteiger partial charge in [-0.05, 0) is 49.4 Å². The van der Waals surface area contributed by atoms with Gasteiger partial charge in [0.25, 0.3) is 15.9 Å². The third-order valence-corrected chi connectivity index (χ3v) is 7.48. The van der Waals surface area contributed by atoms with Crippen molar-refractivity contribution in [2.75, 3.05) is 23.2 Å². The normalized spacial score (nSPS) is 14.3. The van der Waals surface area contributed by atoms with Crippen LogP contribution in [-0.2, 0) is 24.8 Å². The number of amides is 1. The number of benzene rings is 2. The summed E-state index contributed by atoms with van der Waals surface area (Å²) >= 11 is 5.90. The predicted octanol–water partition coefficient (Wildman–Crippen LogP) is 1.66. The Morgan fingerprint density at radius 2 is 1.56 bits per heavy atom. The van der Waals surface area contributed by atoms with Gasteiger partial charge >= 0.3 is 6.18 Å². The van der Waals surface area contributed by atoms with Crippen LogP contribution < -0.4 is 14.8 Å². The highest BCUT2D eigenvalue weighted by Crippen LogP contribution is 2.33. The summed E-state index contributed by atoms with van der Waals surface area (Å²) in [5, 5.41) is 19.5. The third kappa shape index (κ3) is 6.37. The van der Waals surface area contributed by atoms with Gasteiger partial charge in [0.15, 0.2) is 0 Å². The quantitative estimate of drug-likeness (QED) is 0.320. The van der Waals surface area contributed by atoms with Gasteiger partial charge in [0.2, 0.25) is 15.6 Å². The lowest BCUT2D eigenvalue weighted by Crippen LogP contribution is -2.52. The average molecular weight is 546 g/mol. The fraction of sp³-hybridized carbons (Fsp3) is 0.278. The molecule has 0 aliphatic carbocycles. The van der Waals surface area contributed by atoms with E-state index in [1.807, 2.05) is 0 Å². The Kier molecular flexibility index (Phi) is 8.22. The van der Waals surface area contributed by atoms with Crippen molar-refractivity contribution in [1.82, 2.24) is 4.72 Å². The third-order valence-electron chi connectivity index (χ3n) is 4.31. The molecule has 2 aromatic carbocycles. The van der Waals surface area contributed by atoms with Crippen LogP contribution >= 0.6 is 11.6 Å². The van der Waals surface area contributed by atoms with Crippen LogP contribution in [0.3, 0.4) is 0 Å². The second-order valence-corrected chi connectivity index (χ2v) is 10.8. The van der Waals surface area contributed by atoms with Crippen molar-refractivity contribution >= 4 is 48.9 Å². The SMILES string of the molecule is CC(O)(C(=O)Nc1ccc(S(=O)(=O)Nc2ccc(S(=O)(=O)NCCO)cc2)cc1Cl)C(F)(F)F. The number of hydrogen-bond acceptors (Lipinski definition) is 7. The van der Waals surface area contributed by atoms with Gasteiger partial charge in [-0.15, -0.1) is 0 Å². The molecule has 0 spiro atoms. The van der Waals surface area contributed by atoms with E-state index < -0.39 is 54.3 Å². The van der Waals surface area contributed by atoms with Gasteiger partial charge in [-0.25, -0.2) is 21.6 Å². The highest BCUT2D eigenvalue weighted by molar-refractivity contribution is 7.92. The number of carbonyl (C=O) groups is 1. The number of hydrogen-bond donors (Lipinski definition) is 5. The number of aliphatic hydroxyl groups is 2. The lowest BCUT2D eigenvalue weighted by atomic mass is 10.1. The summed E-state index contributed by atoms with van der Waals surface area (Å²) in [5.74, 6) is -1.82. The molecular formula is C18H19ClF3N3O7S2. The Balaban J connectivity index is 2.20. The van der Waals surface area contributed by atoms with Gasteiger partial charge in [0, 0.05) is 12.2 Å². The van der Waals surface area contributed by atoms with E-state index in [4.69, 9.17) is 16.7 Å². The van der Waals surface area contributed by atoms with Crippen LogP contribution in [0.1, 0.15) is 6.92 Å². The maximum atomic E-state index is 12.8. The summed E-state index contributed by atoms with van der Waals surface area (Å²) in [7, 11) is -8.17. The van der Waals surface area contributed by atoms with Crippen LogP contribution in [0.15, 0.2) is 52.3 Å². The molecule has 1 unspecified atom stereocenters. The number of nitrogens with one attached hydrogen (secondary N) is 3. The summed E-state index contributed by atoms with van der Waals surface area (Å²) in [6.07, 6.45) is -5.26. The smallest absolute Gasteiger partial charge is 0.395 e. The fourth-order valence-electron chi connectivity index (χ4n) is 2.32. The maximum Gasteiger partial charge on any atom is 0.426 e. The molecule has 0 radical (unpaired) electrons. The summed E-state index contributed by atoms with van der Waals surface area (Å²) in [6.45, 7) is -0.371. The molecule has 10 nitrogen and oxygen atoms in total. The first-order valence-corrected chi connectivity index (χ1v) is 12.5. The first-order valence-electron chi connectivity index (χ1n) is 9.15. The van der Waals surface area contributed by atoms with Crippen LogP contribution in [0.2, 0.25) is 5.02 Å². The first kappa shape index (κ1) is 27.8. The standard InChI is InChI=1S/C18H19ClF3N3O7S2/c1-17(28,18(20,21)22)16(27)24-15-7-6-13(10-14(15)19)34(31,32)25-11-2-4-12(5-3-11)33(29,30)23-8-9-26/h2-7,10,23,25-26,28H,8-9H2,1H3,(H,24,27). The predicted molar refractivity (Wildman–Crippen MR) is 116 cm³/mol. The average Bonchev–Trinajstić information content (AvgIpc) is 2.72. The van der Waals surface area contributed by atoms with Crippen molar-refractivity contribution in [3.05, 3.63) is 47.5 Å². The highest BCUT2D eigenvalue weighted by atomic mass is 35.5. The Hall–Kier alpha value is -2.43. The summed E-state index contributed by atoms with van der Waals surface area (Å²) in [4.78, 5) is 11.2. The molecule has 0 heterocycles. The van der Waals surface area contributed by atoms with Crippen LogP contribution in [0.25, 0.3) is 0 Å². The molecule has 2 aromatic rings. The lowest BCUT2D eigenvalue weighted by Gasteiger charge is -2.25. The second-order valence-electron chi connectivity index (χ2n) is 6.92. The van der Waals surface area contributed by atoms with Crippen molar-refractivity contribution in [3.63, 3.8) is 0 Å². The van der Waals surface area contributed by atoms with E-state index in [2.05, 4.69) is 9.44 Å². The van der Waals surface area contributed by atoms with E-state index in [0.29, 0.717) is 0 Å². The highest BCUT2D eigenvalue weighted by Gasteiger charge is 2.55. The van der Waals surface area contributed by atoms with Crippen molar-refractivity contribution < 1.29 is 45.0 Å². The summed E-state index contributed by atoms with van der Waals surface area (Å²) in [6, 6.07) is 7.32. The van der Waals surface area contributed by atoms with E-state index in [1.165, 1.54) is 12.1 Å². The molecular weight excluding hydrogens is 527 g/mol. The molecule has 5 N–H and O–H groups in total. The first-order chi connectivity index (χ1) is 15.5. The molecule has 34 heavy (non-hydrogen) atoms. The number of aliphatic hydroxyl groups excluding tert-OH is 1. The Bertz CT molecular complexity index is 1270. The van der Waals surface area contributed by atoms with Crippen LogP contribution in [0, 0.1) is 0 Å². The number of sulfonamides is 2. The molecule has 0 fully saturated rings. The van der Waals surface area contributed by atoms with E-state index >= 15 is 0 Å².